The minimum absolute atomic E-state index is 0.0570. The highest BCUT2D eigenvalue weighted by atomic mass is 19.1. The van der Waals surface area contributed by atoms with Gasteiger partial charge in [0, 0.05) is 12.7 Å². The van der Waals surface area contributed by atoms with E-state index in [0.29, 0.717) is 12.1 Å². The Morgan fingerprint density at radius 2 is 1.88 bits per heavy atom. The summed E-state index contributed by atoms with van der Waals surface area (Å²) in [5, 5.41) is 5.23. The molecule has 0 aliphatic carbocycles. The minimum atomic E-state index is -0.580. The SMILES string of the molecule is CCCNC(=O)c1nc(C(=O)Nc2ccccc2F)c2ccccn12. The molecule has 128 valence electrons. The summed E-state index contributed by atoms with van der Waals surface area (Å²) in [6.07, 6.45) is 2.44. The van der Waals surface area contributed by atoms with Crippen LogP contribution in [-0.2, 0) is 0 Å². The summed E-state index contributed by atoms with van der Waals surface area (Å²) in [7, 11) is 0. The normalized spacial score (nSPS) is 10.6. The molecule has 7 heteroatoms. The molecule has 2 heterocycles. The number of carbonyl (C=O) groups excluding carboxylic acids is 2. The van der Waals surface area contributed by atoms with Crippen molar-refractivity contribution < 1.29 is 14.0 Å². The molecule has 0 fully saturated rings. The molecule has 3 rings (SSSR count). The maximum atomic E-state index is 13.7. The standard InChI is InChI=1S/C18H17FN4O2/c1-2-10-20-18(25)16-22-15(14-9-5-6-11-23(14)16)17(24)21-13-8-4-3-7-12(13)19/h3-9,11H,2,10H2,1H3,(H,20,25)(H,21,24). The van der Waals surface area contributed by atoms with E-state index < -0.39 is 11.7 Å². The van der Waals surface area contributed by atoms with Crippen LogP contribution in [0, 0.1) is 5.82 Å². The molecule has 0 bridgehead atoms. The molecular weight excluding hydrogens is 323 g/mol. The van der Waals surface area contributed by atoms with Crippen molar-refractivity contribution in [3.05, 3.63) is 66.0 Å². The summed E-state index contributed by atoms with van der Waals surface area (Å²) < 4.78 is 15.3. The molecule has 0 aliphatic rings. The fraction of sp³-hybridized carbons (Fsp3) is 0.167. The lowest BCUT2D eigenvalue weighted by Crippen LogP contribution is -2.26. The van der Waals surface area contributed by atoms with E-state index in [2.05, 4.69) is 15.6 Å². The lowest BCUT2D eigenvalue weighted by Gasteiger charge is -2.04. The van der Waals surface area contributed by atoms with Gasteiger partial charge in [0.05, 0.1) is 11.2 Å². The second-order valence-electron chi connectivity index (χ2n) is 5.43. The number of aromatic nitrogens is 2. The summed E-state index contributed by atoms with van der Waals surface area (Å²) in [6.45, 7) is 2.45. The number of nitrogens with one attached hydrogen (secondary N) is 2. The molecule has 0 radical (unpaired) electrons. The zero-order valence-electron chi connectivity index (χ0n) is 13.6. The minimum Gasteiger partial charge on any atom is -0.349 e. The van der Waals surface area contributed by atoms with Crippen molar-refractivity contribution in [2.24, 2.45) is 0 Å². The predicted molar refractivity (Wildman–Crippen MR) is 92.2 cm³/mol. The van der Waals surface area contributed by atoms with Crippen molar-refractivity contribution in [1.82, 2.24) is 14.7 Å². The second-order valence-corrected chi connectivity index (χ2v) is 5.43. The molecule has 2 aromatic heterocycles. The van der Waals surface area contributed by atoms with Crippen LogP contribution >= 0.6 is 0 Å². The number of halogens is 1. The summed E-state index contributed by atoms with van der Waals surface area (Å²) in [4.78, 5) is 29.0. The van der Waals surface area contributed by atoms with Crippen LogP contribution in [-0.4, -0.2) is 27.7 Å². The molecule has 0 aliphatic heterocycles. The number of fused-ring (bicyclic) bond motifs is 1. The maximum absolute atomic E-state index is 13.7. The highest BCUT2D eigenvalue weighted by molar-refractivity contribution is 6.09. The molecular formula is C18H17FN4O2. The molecule has 0 unspecified atom stereocenters. The van der Waals surface area contributed by atoms with Crippen molar-refractivity contribution >= 4 is 23.0 Å². The third kappa shape index (κ3) is 3.35. The number of anilines is 1. The predicted octanol–water partition coefficient (Wildman–Crippen LogP) is 2.87. The van der Waals surface area contributed by atoms with E-state index in [1.54, 1.807) is 34.9 Å². The molecule has 3 aromatic rings. The van der Waals surface area contributed by atoms with Gasteiger partial charge in [-0.1, -0.05) is 25.1 Å². The molecule has 0 spiro atoms. The molecule has 0 saturated carbocycles. The highest BCUT2D eigenvalue weighted by Gasteiger charge is 2.21. The first kappa shape index (κ1) is 16.6. The number of carbonyl (C=O) groups is 2. The topological polar surface area (TPSA) is 75.5 Å². The van der Waals surface area contributed by atoms with Gasteiger partial charge in [-0.25, -0.2) is 9.37 Å². The monoisotopic (exact) mass is 340 g/mol. The van der Waals surface area contributed by atoms with Crippen LogP contribution in [0.1, 0.15) is 34.5 Å². The van der Waals surface area contributed by atoms with Gasteiger partial charge in [-0.2, -0.15) is 0 Å². The number of hydrogen-bond donors (Lipinski definition) is 2. The summed E-state index contributed by atoms with van der Waals surface area (Å²) in [5.41, 5.74) is 0.588. The van der Waals surface area contributed by atoms with Crippen molar-refractivity contribution in [3.8, 4) is 0 Å². The quantitative estimate of drug-likeness (QED) is 0.750. The first-order chi connectivity index (χ1) is 12.1. The fourth-order valence-corrected chi connectivity index (χ4v) is 2.43. The molecule has 1 aromatic carbocycles. The van der Waals surface area contributed by atoms with Gasteiger partial charge in [0.25, 0.3) is 11.8 Å². The summed E-state index contributed by atoms with van der Waals surface area (Å²) in [6, 6.07) is 11.0. The van der Waals surface area contributed by atoms with Gasteiger partial charge in [-0.05, 0) is 30.7 Å². The Labute approximate surface area is 143 Å². The lowest BCUT2D eigenvalue weighted by atomic mass is 10.2. The van der Waals surface area contributed by atoms with Gasteiger partial charge in [0.2, 0.25) is 5.82 Å². The van der Waals surface area contributed by atoms with Gasteiger partial charge in [0.1, 0.15) is 5.82 Å². The van der Waals surface area contributed by atoms with Gasteiger partial charge in [0.15, 0.2) is 5.69 Å². The van der Waals surface area contributed by atoms with Gasteiger partial charge in [-0.15, -0.1) is 0 Å². The Hall–Kier alpha value is -3.22. The molecule has 0 saturated heterocycles. The maximum Gasteiger partial charge on any atom is 0.287 e. The van der Waals surface area contributed by atoms with Gasteiger partial charge >= 0.3 is 0 Å². The average Bonchev–Trinajstić information content (AvgIpc) is 3.01. The van der Waals surface area contributed by atoms with Crippen LogP contribution in [0.3, 0.4) is 0 Å². The average molecular weight is 340 g/mol. The van der Waals surface area contributed by atoms with E-state index in [4.69, 9.17) is 0 Å². The lowest BCUT2D eigenvalue weighted by molar-refractivity contribution is 0.0942. The number of pyridine rings is 1. The Kier molecular flexibility index (Phi) is 4.74. The Morgan fingerprint density at radius 3 is 2.64 bits per heavy atom. The number of hydrogen-bond acceptors (Lipinski definition) is 3. The Morgan fingerprint density at radius 1 is 1.12 bits per heavy atom. The molecule has 2 amide bonds. The Balaban J connectivity index is 1.97. The van der Waals surface area contributed by atoms with Crippen molar-refractivity contribution in [3.63, 3.8) is 0 Å². The molecule has 6 nitrogen and oxygen atoms in total. The third-order valence-electron chi connectivity index (χ3n) is 3.62. The first-order valence-corrected chi connectivity index (χ1v) is 7.93. The van der Waals surface area contributed by atoms with E-state index >= 15 is 0 Å². The van der Waals surface area contributed by atoms with E-state index in [-0.39, 0.29) is 23.1 Å². The van der Waals surface area contributed by atoms with Gasteiger partial charge < -0.3 is 10.6 Å². The van der Waals surface area contributed by atoms with Crippen molar-refractivity contribution in [2.75, 3.05) is 11.9 Å². The number of benzene rings is 1. The van der Waals surface area contributed by atoms with Crippen LogP contribution < -0.4 is 10.6 Å². The number of nitrogens with zero attached hydrogens (tertiary/aromatic N) is 2. The Bertz CT molecular complexity index is 936. The van der Waals surface area contributed by atoms with E-state index in [0.717, 1.165) is 6.42 Å². The van der Waals surface area contributed by atoms with Crippen molar-refractivity contribution in [2.45, 2.75) is 13.3 Å². The smallest absolute Gasteiger partial charge is 0.287 e. The molecule has 25 heavy (non-hydrogen) atoms. The number of rotatable bonds is 5. The molecule has 0 atom stereocenters. The van der Waals surface area contributed by atoms with Crippen LogP contribution in [0.25, 0.3) is 5.52 Å². The largest absolute Gasteiger partial charge is 0.349 e. The zero-order chi connectivity index (χ0) is 17.8. The summed E-state index contributed by atoms with van der Waals surface area (Å²) >= 11 is 0. The van der Waals surface area contributed by atoms with E-state index in [1.165, 1.54) is 18.2 Å². The number of amides is 2. The van der Waals surface area contributed by atoms with Crippen LogP contribution in [0.15, 0.2) is 48.7 Å². The van der Waals surface area contributed by atoms with E-state index in [1.807, 2.05) is 6.92 Å². The fourth-order valence-electron chi connectivity index (χ4n) is 2.43. The van der Waals surface area contributed by atoms with Crippen molar-refractivity contribution in [1.29, 1.82) is 0 Å². The highest BCUT2D eigenvalue weighted by Crippen LogP contribution is 2.17. The molecule has 2 N–H and O–H groups in total. The van der Waals surface area contributed by atoms with Crippen LogP contribution in [0.4, 0.5) is 10.1 Å². The zero-order valence-corrected chi connectivity index (χ0v) is 13.6. The van der Waals surface area contributed by atoms with Crippen LogP contribution in [0.5, 0.6) is 0 Å². The summed E-state index contributed by atoms with van der Waals surface area (Å²) in [5.74, 6) is -1.38. The van der Waals surface area contributed by atoms with Crippen LogP contribution in [0.2, 0.25) is 0 Å². The third-order valence-corrected chi connectivity index (χ3v) is 3.62. The number of para-hydroxylation sites is 1. The van der Waals surface area contributed by atoms with Gasteiger partial charge in [-0.3, -0.25) is 14.0 Å². The second kappa shape index (κ2) is 7.12. The van der Waals surface area contributed by atoms with E-state index in [9.17, 15) is 14.0 Å². The number of imidazole rings is 1. The first-order valence-electron chi connectivity index (χ1n) is 7.93.